The smallest absolute Gasteiger partial charge is 0.164 e. The molecule has 1 aromatic heterocycles. The summed E-state index contributed by atoms with van der Waals surface area (Å²) in [6, 6.07) is 54.5. The van der Waals surface area contributed by atoms with Crippen molar-refractivity contribution in [3.8, 4) is 45.0 Å². The molecule has 0 saturated heterocycles. The molecule has 0 spiro atoms. The van der Waals surface area contributed by atoms with Crippen molar-refractivity contribution in [1.82, 2.24) is 15.0 Å². The van der Waals surface area contributed by atoms with Crippen molar-refractivity contribution in [3.05, 3.63) is 230 Å². The van der Waals surface area contributed by atoms with Crippen LogP contribution in [0.4, 0.5) is 0 Å². The highest BCUT2D eigenvalue weighted by atomic mass is 15.0. The number of fused-ring (bicyclic) bond motifs is 3. The average Bonchev–Trinajstić information content (AvgIpc) is 3.36. The topological polar surface area (TPSA) is 75.8 Å². The van der Waals surface area contributed by atoms with E-state index in [4.69, 9.17) is 24.9 Å². The first kappa shape index (κ1) is 40.2. The highest BCUT2D eigenvalue weighted by molar-refractivity contribution is 6.25. The van der Waals surface area contributed by atoms with Gasteiger partial charge in [-0.2, -0.15) is 0 Å². The summed E-state index contributed by atoms with van der Waals surface area (Å²) < 4.78 is 0. The first-order valence-electron chi connectivity index (χ1n) is 21.1. The zero-order chi connectivity index (χ0) is 43.0. The SMILES string of the molecule is C=C/C=C(\C=C)c1nc(-c2ccccc2)nc(-c2cccc3c(-c4cccc(CN=C(N=C(N=C)C5=CCCC=C5)c5ccccc5)c4)c(-c4ccccc4)c4ccccc4c23)n1. The molecular weight excluding hydrogens is 769 g/mol. The second-order valence-corrected chi connectivity index (χ2v) is 15.1. The van der Waals surface area contributed by atoms with E-state index in [1.165, 1.54) is 0 Å². The normalized spacial score (nSPS) is 13.2. The van der Waals surface area contributed by atoms with Crippen LogP contribution in [0.1, 0.15) is 29.8 Å². The predicted molar refractivity (Wildman–Crippen MR) is 265 cm³/mol. The van der Waals surface area contributed by atoms with Crippen LogP contribution in [0.5, 0.6) is 0 Å². The molecule has 0 fully saturated rings. The van der Waals surface area contributed by atoms with Gasteiger partial charge in [0.1, 0.15) is 0 Å². The Labute approximate surface area is 368 Å². The molecule has 0 aliphatic heterocycles. The Morgan fingerprint density at radius 1 is 0.603 bits per heavy atom. The fraction of sp³-hybridized carbons (Fsp3) is 0.0526. The van der Waals surface area contributed by atoms with Crippen molar-refractivity contribution in [2.45, 2.75) is 19.4 Å². The van der Waals surface area contributed by atoms with Gasteiger partial charge in [-0.3, -0.25) is 4.99 Å². The first-order valence-corrected chi connectivity index (χ1v) is 21.1. The van der Waals surface area contributed by atoms with E-state index in [0.29, 0.717) is 35.7 Å². The average molecular weight is 813 g/mol. The van der Waals surface area contributed by atoms with Gasteiger partial charge in [0.2, 0.25) is 0 Å². The van der Waals surface area contributed by atoms with Gasteiger partial charge in [0.25, 0.3) is 0 Å². The third kappa shape index (κ3) is 8.43. The Hall–Kier alpha value is -8.22. The lowest BCUT2D eigenvalue weighted by molar-refractivity contribution is 1.03. The summed E-state index contributed by atoms with van der Waals surface area (Å²) in [4.78, 5) is 29.7. The summed E-state index contributed by atoms with van der Waals surface area (Å²) in [6.07, 6.45) is 13.7. The van der Waals surface area contributed by atoms with Gasteiger partial charge in [-0.05, 0) is 69.6 Å². The molecule has 63 heavy (non-hydrogen) atoms. The maximum Gasteiger partial charge on any atom is 0.164 e. The van der Waals surface area contributed by atoms with Crippen LogP contribution in [-0.2, 0) is 6.54 Å². The minimum Gasteiger partial charge on any atom is -0.261 e. The Morgan fingerprint density at radius 3 is 1.97 bits per heavy atom. The van der Waals surface area contributed by atoms with E-state index >= 15 is 0 Å². The number of benzene rings is 7. The van der Waals surface area contributed by atoms with Crippen molar-refractivity contribution in [2.75, 3.05) is 0 Å². The van der Waals surface area contributed by atoms with Crippen molar-refractivity contribution in [3.63, 3.8) is 0 Å². The van der Waals surface area contributed by atoms with Crippen LogP contribution in [0.15, 0.2) is 228 Å². The first-order chi connectivity index (χ1) is 31.1. The zero-order valence-corrected chi connectivity index (χ0v) is 34.9. The molecule has 6 heteroatoms. The predicted octanol–water partition coefficient (Wildman–Crippen LogP) is 13.9. The molecule has 0 atom stereocenters. The highest BCUT2D eigenvalue weighted by Gasteiger charge is 2.22. The van der Waals surface area contributed by atoms with Crippen molar-refractivity contribution < 1.29 is 0 Å². The maximum absolute atomic E-state index is 5.17. The molecule has 7 aromatic carbocycles. The van der Waals surface area contributed by atoms with E-state index in [9.17, 15) is 0 Å². The van der Waals surface area contributed by atoms with Crippen molar-refractivity contribution >= 4 is 45.5 Å². The highest BCUT2D eigenvalue weighted by Crippen LogP contribution is 2.47. The molecule has 0 radical (unpaired) electrons. The lowest BCUT2D eigenvalue weighted by Gasteiger charge is -2.20. The zero-order valence-electron chi connectivity index (χ0n) is 34.9. The number of rotatable bonds is 11. The molecule has 1 aliphatic carbocycles. The number of hydrogen-bond acceptors (Lipinski definition) is 4. The Bertz CT molecular complexity index is 3170. The van der Waals surface area contributed by atoms with Crippen molar-refractivity contribution in [1.29, 1.82) is 0 Å². The molecule has 6 nitrogen and oxygen atoms in total. The fourth-order valence-electron chi connectivity index (χ4n) is 8.17. The third-order valence-electron chi connectivity index (χ3n) is 11.1. The van der Waals surface area contributed by atoms with Gasteiger partial charge in [0.15, 0.2) is 29.1 Å². The van der Waals surface area contributed by atoms with Gasteiger partial charge in [-0.25, -0.2) is 24.9 Å². The number of nitrogens with zero attached hydrogens (tertiary/aromatic N) is 6. The lowest BCUT2D eigenvalue weighted by Crippen LogP contribution is -2.06. The van der Waals surface area contributed by atoms with E-state index in [1.54, 1.807) is 12.2 Å². The monoisotopic (exact) mass is 812 g/mol. The molecule has 0 unspecified atom stereocenters. The second-order valence-electron chi connectivity index (χ2n) is 15.1. The summed E-state index contributed by atoms with van der Waals surface area (Å²) in [5.41, 5.74) is 9.88. The quantitative estimate of drug-likeness (QED) is 0.0565. The molecule has 8 aromatic rings. The number of amidine groups is 2. The van der Waals surface area contributed by atoms with Gasteiger partial charge >= 0.3 is 0 Å². The van der Waals surface area contributed by atoms with Crippen LogP contribution in [0.25, 0.3) is 72.1 Å². The van der Waals surface area contributed by atoms with Crippen LogP contribution >= 0.6 is 0 Å². The Morgan fingerprint density at radius 2 is 1.25 bits per heavy atom. The van der Waals surface area contributed by atoms with Gasteiger partial charge in [0.05, 0.1) is 6.54 Å². The van der Waals surface area contributed by atoms with Crippen LogP contribution in [0, 0.1) is 0 Å². The van der Waals surface area contributed by atoms with Crippen LogP contribution < -0.4 is 0 Å². The summed E-state index contributed by atoms with van der Waals surface area (Å²) in [7, 11) is 0. The Kier molecular flexibility index (Phi) is 11.9. The summed E-state index contributed by atoms with van der Waals surface area (Å²) in [6.45, 7) is 12.3. The van der Waals surface area contributed by atoms with Gasteiger partial charge in [0, 0.05) is 33.2 Å². The van der Waals surface area contributed by atoms with Gasteiger partial charge < -0.3 is 0 Å². The van der Waals surface area contributed by atoms with Gasteiger partial charge in [-0.15, -0.1) is 0 Å². The molecule has 0 bridgehead atoms. The van der Waals surface area contributed by atoms with Crippen LogP contribution in [0.3, 0.4) is 0 Å². The minimum absolute atomic E-state index is 0.401. The summed E-state index contributed by atoms with van der Waals surface area (Å²) >= 11 is 0. The van der Waals surface area contributed by atoms with Crippen molar-refractivity contribution in [2.24, 2.45) is 15.0 Å². The third-order valence-corrected chi connectivity index (χ3v) is 11.1. The Balaban J connectivity index is 1.27. The van der Waals surface area contributed by atoms with Gasteiger partial charge in [-0.1, -0.05) is 201 Å². The molecule has 9 rings (SSSR count). The molecule has 1 aliphatic rings. The van der Waals surface area contributed by atoms with E-state index in [1.807, 2.05) is 66.7 Å². The lowest BCUT2D eigenvalue weighted by atomic mass is 9.83. The number of hydrogen-bond donors (Lipinski definition) is 0. The second kappa shape index (κ2) is 18.6. The summed E-state index contributed by atoms with van der Waals surface area (Å²) in [5, 5.41) is 4.34. The standard InChI is InChI=1S/C57H44N6/c1-4-22-40(5-2)55-61-56(44-30-16-9-17-31-44)63-57(62-55)49-36-21-35-48-51(50(41-24-10-6-11-25-41)46-33-18-19-34-47(46)52(48)49)45-32-20-23-39(37-45)38-59-54(43-28-14-8-15-29-43)60-53(58-3)42-26-12-7-13-27-42/h4-6,8-12,14-37H,1-3,7,13,38H2/b40-22+,59-54?,60-53?. The number of aromatic nitrogens is 3. The maximum atomic E-state index is 5.17. The van der Waals surface area contributed by atoms with E-state index in [0.717, 1.165) is 90.0 Å². The van der Waals surface area contributed by atoms with E-state index in [2.05, 4.69) is 140 Å². The van der Waals surface area contributed by atoms with E-state index < -0.39 is 0 Å². The van der Waals surface area contributed by atoms with Crippen LogP contribution in [-0.4, -0.2) is 33.3 Å². The molecule has 0 amide bonds. The molecular formula is C57H44N6. The minimum atomic E-state index is 0.401. The molecule has 1 heterocycles. The van der Waals surface area contributed by atoms with E-state index in [-0.39, 0.29) is 0 Å². The summed E-state index contributed by atoms with van der Waals surface area (Å²) in [5.74, 6) is 2.82. The largest absolute Gasteiger partial charge is 0.261 e. The number of aliphatic imine (C=N–C) groups is 3. The molecule has 302 valence electrons. The van der Waals surface area contributed by atoms with Crippen LogP contribution in [0.2, 0.25) is 0 Å². The fourth-order valence-corrected chi connectivity index (χ4v) is 8.17. The molecule has 0 saturated carbocycles. The molecule has 0 N–H and O–H groups in total. The number of allylic oxidation sites excluding steroid dienone is 6.